The summed E-state index contributed by atoms with van der Waals surface area (Å²) in [5.74, 6) is 2.59. The van der Waals surface area contributed by atoms with Gasteiger partial charge in [-0.15, -0.1) is 0 Å². The van der Waals surface area contributed by atoms with Crippen LogP contribution in [-0.2, 0) is 11.3 Å². The molecule has 0 atom stereocenters. The van der Waals surface area contributed by atoms with E-state index in [1.54, 1.807) is 7.11 Å². The molecule has 0 unspecified atom stereocenters. The molecule has 0 bridgehead atoms. The predicted molar refractivity (Wildman–Crippen MR) is 131 cm³/mol. The molecule has 1 aromatic heterocycles. The first-order chi connectivity index (χ1) is 15.7. The minimum atomic E-state index is 0.575. The summed E-state index contributed by atoms with van der Waals surface area (Å²) in [4.78, 5) is 14.0. The molecule has 0 spiro atoms. The van der Waals surface area contributed by atoms with Crippen molar-refractivity contribution in [3.05, 3.63) is 48.2 Å². The van der Waals surface area contributed by atoms with Crippen molar-refractivity contribution in [2.75, 3.05) is 70.3 Å². The number of rotatable bonds is 10. The first-order valence-electron chi connectivity index (χ1n) is 11.3. The minimum absolute atomic E-state index is 0.575. The number of hydrogen-bond donors (Lipinski definition) is 2. The highest BCUT2D eigenvalue weighted by atomic mass is 16.5. The van der Waals surface area contributed by atoms with Gasteiger partial charge in [0.05, 0.1) is 13.2 Å². The number of likely N-dealkylation sites (N-methyl/N-ethyl adjacent to an activating group) is 1. The van der Waals surface area contributed by atoms with Crippen molar-refractivity contribution >= 4 is 17.5 Å². The summed E-state index contributed by atoms with van der Waals surface area (Å²) in [6.07, 6.45) is 2.74. The Labute approximate surface area is 191 Å². The Bertz CT molecular complexity index is 852. The van der Waals surface area contributed by atoms with Crippen LogP contribution in [0.5, 0.6) is 5.75 Å². The largest absolute Gasteiger partial charge is 0.493 e. The van der Waals surface area contributed by atoms with Crippen LogP contribution in [0.3, 0.4) is 0 Å². The number of pyridine rings is 1. The van der Waals surface area contributed by atoms with Gasteiger partial charge in [-0.1, -0.05) is 6.07 Å². The van der Waals surface area contributed by atoms with Gasteiger partial charge in [0, 0.05) is 70.8 Å². The number of aromatic nitrogens is 1. The van der Waals surface area contributed by atoms with Gasteiger partial charge in [-0.3, -0.25) is 0 Å². The number of benzene rings is 1. The number of ether oxygens (including phenoxy) is 2. The lowest BCUT2D eigenvalue weighted by Gasteiger charge is -2.33. The summed E-state index contributed by atoms with van der Waals surface area (Å²) >= 11 is 0. The Balaban J connectivity index is 1.61. The van der Waals surface area contributed by atoms with Gasteiger partial charge in [0.25, 0.3) is 0 Å². The third-order valence-corrected chi connectivity index (χ3v) is 5.26. The number of piperazine rings is 1. The summed E-state index contributed by atoms with van der Waals surface area (Å²) in [6.45, 7) is 8.87. The lowest BCUT2D eigenvalue weighted by Crippen LogP contribution is -2.44. The van der Waals surface area contributed by atoms with Crippen LogP contribution in [0, 0.1) is 0 Å². The van der Waals surface area contributed by atoms with Crippen LogP contribution in [0.2, 0.25) is 0 Å². The molecule has 3 rings (SSSR count). The standard InChI is InChI=1S/C24H36N6O2/c1-4-25-24(28-21-7-5-8-22(18-21)32-16-6-15-31-3)27-19-20-9-10-26-23(17-20)30-13-11-29(2)12-14-30/h5,7-10,17-18H,4,6,11-16,19H2,1-3H3,(H2,25,27,28). The molecule has 1 saturated heterocycles. The number of nitrogens with zero attached hydrogens (tertiary/aromatic N) is 4. The number of hydrogen-bond acceptors (Lipinski definition) is 6. The van der Waals surface area contributed by atoms with E-state index < -0.39 is 0 Å². The van der Waals surface area contributed by atoms with Crippen molar-refractivity contribution in [1.29, 1.82) is 0 Å². The molecule has 0 radical (unpaired) electrons. The first-order valence-corrected chi connectivity index (χ1v) is 11.3. The highest BCUT2D eigenvalue weighted by Gasteiger charge is 2.15. The second-order valence-electron chi connectivity index (χ2n) is 7.86. The van der Waals surface area contributed by atoms with Gasteiger partial charge in [-0.05, 0) is 43.8 Å². The van der Waals surface area contributed by atoms with Crippen LogP contribution in [0.1, 0.15) is 18.9 Å². The van der Waals surface area contributed by atoms with E-state index in [0.717, 1.165) is 67.9 Å². The summed E-state index contributed by atoms with van der Waals surface area (Å²) < 4.78 is 10.9. The first kappa shape index (κ1) is 23.8. The Hall–Kier alpha value is -2.84. The summed E-state index contributed by atoms with van der Waals surface area (Å²) in [5, 5.41) is 6.69. The third kappa shape index (κ3) is 7.69. The van der Waals surface area contributed by atoms with Crippen molar-refractivity contribution in [3.8, 4) is 5.75 Å². The average Bonchev–Trinajstić information content (AvgIpc) is 2.81. The number of guanidine groups is 1. The maximum Gasteiger partial charge on any atom is 0.196 e. The van der Waals surface area contributed by atoms with Crippen molar-refractivity contribution in [2.24, 2.45) is 4.99 Å². The molecule has 0 saturated carbocycles. The quantitative estimate of drug-likeness (QED) is 0.334. The Kier molecular flexibility index (Phi) is 9.59. The molecule has 0 amide bonds. The van der Waals surface area contributed by atoms with Crippen LogP contribution in [-0.4, -0.2) is 75.9 Å². The predicted octanol–water partition coefficient (Wildman–Crippen LogP) is 2.83. The van der Waals surface area contributed by atoms with E-state index in [1.165, 1.54) is 0 Å². The molecule has 1 fully saturated rings. The molecule has 0 aliphatic carbocycles. The van der Waals surface area contributed by atoms with Gasteiger partial charge in [-0.2, -0.15) is 0 Å². The van der Waals surface area contributed by atoms with Gasteiger partial charge >= 0.3 is 0 Å². The maximum atomic E-state index is 5.80. The van der Waals surface area contributed by atoms with Crippen molar-refractivity contribution in [1.82, 2.24) is 15.2 Å². The van der Waals surface area contributed by atoms with E-state index in [2.05, 4.69) is 45.5 Å². The fourth-order valence-electron chi connectivity index (χ4n) is 3.44. The monoisotopic (exact) mass is 440 g/mol. The van der Waals surface area contributed by atoms with Gasteiger partial charge in [0.15, 0.2) is 5.96 Å². The minimum Gasteiger partial charge on any atom is -0.493 e. The van der Waals surface area contributed by atoms with Gasteiger partial charge in [-0.25, -0.2) is 9.98 Å². The zero-order valence-corrected chi connectivity index (χ0v) is 19.5. The van der Waals surface area contributed by atoms with Crippen molar-refractivity contribution in [2.45, 2.75) is 19.9 Å². The van der Waals surface area contributed by atoms with Crippen LogP contribution >= 0.6 is 0 Å². The van der Waals surface area contributed by atoms with Crippen LogP contribution in [0.25, 0.3) is 0 Å². The number of methoxy groups -OCH3 is 1. The molecule has 1 aliphatic rings. The molecule has 2 aromatic rings. The van der Waals surface area contributed by atoms with Crippen LogP contribution in [0.4, 0.5) is 11.5 Å². The molecule has 8 nitrogen and oxygen atoms in total. The topological polar surface area (TPSA) is 74.3 Å². The molecule has 2 N–H and O–H groups in total. The highest BCUT2D eigenvalue weighted by Crippen LogP contribution is 2.18. The van der Waals surface area contributed by atoms with E-state index in [1.807, 2.05) is 36.5 Å². The molecule has 174 valence electrons. The second kappa shape index (κ2) is 12.9. The van der Waals surface area contributed by atoms with Crippen LogP contribution in [0.15, 0.2) is 47.6 Å². The summed E-state index contributed by atoms with van der Waals surface area (Å²) in [5.41, 5.74) is 2.07. The number of aliphatic imine (C=N–C) groups is 1. The summed E-state index contributed by atoms with van der Waals surface area (Å²) in [7, 11) is 3.86. The zero-order chi connectivity index (χ0) is 22.6. The number of anilines is 2. The highest BCUT2D eigenvalue weighted by molar-refractivity contribution is 5.93. The molecule has 2 heterocycles. The molecular weight excluding hydrogens is 404 g/mol. The van der Waals surface area contributed by atoms with E-state index in [4.69, 9.17) is 14.5 Å². The Morgan fingerprint density at radius 2 is 1.97 bits per heavy atom. The number of nitrogens with one attached hydrogen (secondary N) is 2. The SMILES string of the molecule is CCNC(=NCc1ccnc(N2CCN(C)CC2)c1)Nc1cccc(OCCCOC)c1. The van der Waals surface area contributed by atoms with E-state index in [-0.39, 0.29) is 0 Å². The normalized spacial score (nSPS) is 15.0. The lowest BCUT2D eigenvalue weighted by atomic mass is 10.2. The Morgan fingerprint density at radius 3 is 2.75 bits per heavy atom. The molecule has 1 aliphatic heterocycles. The lowest BCUT2D eigenvalue weighted by molar-refractivity contribution is 0.172. The molecule has 8 heteroatoms. The van der Waals surface area contributed by atoms with Crippen molar-refractivity contribution in [3.63, 3.8) is 0 Å². The Morgan fingerprint density at radius 1 is 1.12 bits per heavy atom. The average molecular weight is 441 g/mol. The second-order valence-corrected chi connectivity index (χ2v) is 7.86. The third-order valence-electron chi connectivity index (χ3n) is 5.26. The van der Waals surface area contributed by atoms with Gasteiger partial charge in [0.1, 0.15) is 11.6 Å². The zero-order valence-electron chi connectivity index (χ0n) is 19.5. The van der Waals surface area contributed by atoms with Gasteiger partial charge < -0.3 is 29.9 Å². The van der Waals surface area contributed by atoms with E-state index in [9.17, 15) is 0 Å². The van der Waals surface area contributed by atoms with Gasteiger partial charge in [0.2, 0.25) is 0 Å². The van der Waals surface area contributed by atoms with E-state index in [0.29, 0.717) is 19.8 Å². The van der Waals surface area contributed by atoms with Crippen molar-refractivity contribution < 1.29 is 9.47 Å². The van der Waals surface area contributed by atoms with Crippen LogP contribution < -0.4 is 20.3 Å². The maximum absolute atomic E-state index is 5.80. The smallest absolute Gasteiger partial charge is 0.196 e. The van der Waals surface area contributed by atoms with E-state index >= 15 is 0 Å². The fraction of sp³-hybridized carbons (Fsp3) is 0.500. The molecule has 32 heavy (non-hydrogen) atoms. The fourth-order valence-corrected chi connectivity index (χ4v) is 3.44. The molecular formula is C24H36N6O2. The summed E-state index contributed by atoms with van der Waals surface area (Å²) in [6, 6.07) is 12.1. The molecule has 1 aromatic carbocycles.